The molecule has 3 aromatic rings. The quantitative estimate of drug-likeness (QED) is 0.362. The summed E-state index contributed by atoms with van der Waals surface area (Å²) in [7, 11) is 0. The summed E-state index contributed by atoms with van der Waals surface area (Å²) in [6, 6.07) is 8.74. The van der Waals surface area contributed by atoms with Crippen molar-refractivity contribution in [2.45, 2.75) is 70.9 Å². The highest BCUT2D eigenvalue weighted by atomic mass is 35.5. The smallest absolute Gasteiger partial charge is 0.261 e. The number of benzene rings is 1. The molecule has 9 nitrogen and oxygen atoms in total. The second-order valence-electron chi connectivity index (χ2n) is 10.5. The lowest BCUT2D eigenvalue weighted by atomic mass is 10.2. The number of aryl methyl sites for hydroxylation is 1. The number of halogens is 1. The Balaban J connectivity index is 1.39. The van der Waals surface area contributed by atoms with Gasteiger partial charge in [-0.05, 0) is 44.2 Å². The standard InChI is InChI=1S/C29H37ClN6O3/c1-2-3-4-17-35-25(19-27(38)36-20-23(32-29(35)36)21-10-12-22(30)13-11-21)34-18-5-8-24(34)28(39)31-14-7-16-33-15-6-9-26(33)37/h10-13,19-20,24H,2-9,14-18H2,1H3,(H,31,39)/t24-/m0/s1. The molecule has 39 heavy (non-hydrogen) atoms. The van der Waals surface area contributed by atoms with Crippen LogP contribution in [0.3, 0.4) is 0 Å². The van der Waals surface area contributed by atoms with Crippen molar-refractivity contribution in [3.8, 4) is 11.3 Å². The van der Waals surface area contributed by atoms with E-state index in [4.69, 9.17) is 16.6 Å². The minimum absolute atomic E-state index is 0.0297. The Hall–Kier alpha value is -3.33. The van der Waals surface area contributed by atoms with Gasteiger partial charge in [-0.25, -0.2) is 4.98 Å². The second kappa shape index (κ2) is 12.2. The second-order valence-corrected chi connectivity index (χ2v) is 10.9. The first-order chi connectivity index (χ1) is 19.0. The molecule has 1 N–H and O–H groups in total. The van der Waals surface area contributed by atoms with Gasteiger partial charge < -0.3 is 15.1 Å². The van der Waals surface area contributed by atoms with E-state index in [2.05, 4.69) is 21.7 Å². The van der Waals surface area contributed by atoms with Crippen molar-refractivity contribution in [3.63, 3.8) is 0 Å². The van der Waals surface area contributed by atoms with Crippen LogP contribution < -0.4 is 15.8 Å². The number of aromatic nitrogens is 3. The fourth-order valence-electron chi connectivity index (χ4n) is 5.67. The zero-order chi connectivity index (χ0) is 27.4. The molecule has 208 valence electrons. The molecule has 0 unspecified atom stereocenters. The van der Waals surface area contributed by atoms with Crippen LogP contribution in [-0.2, 0) is 16.1 Å². The molecule has 2 amide bonds. The van der Waals surface area contributed by atoms with Crippen molar-refractivity contribution in [1.82, 2.24) is 24.2 Å². The number of hydrogen-bond donors (Lipinski definition) is 1. The van der Waals surface area contributed by atoms with E-state index in [1.54, 1.807) is 16.7 Å². The predicted molar refractivity (Wildman–Crippen MR) is 153 cm³/mol. The average Bonchev–Trinajstić information content (AvgIpc) is 3.68. The lowest BCUT2D eigenvalue weighted by Gasteiger charge is -2.29. The molecule has 0 bridgehead atoms. The van der Waals surface area contributed by atoms with Crippen molar-refractivity contribution in [2.75, 3.05) is 31.1 Å². The van der Waals surface area contributed by atoms with E-state index in [1.165, 1.54) is 0 Å². The van der Waals surface area contributed by atoms with E-state index in [0.717, 1.165) is 62.9 Å². The summed E-state index contributed by atoms with van der Waals surface area (Å²) in [6.07, 6.45) is 8.76. The van der Waals surface area contributed by atoms with Crippen molar-refractivity contribution in [2.24, 2.45) is 0 Å². The Bertz CT molecular complexity index is 1380. The van der Waals surface area contributed by atoms with Crippen LogP contribution in [0.25, 0.3) is 17.0 Å². The molecule has 2 aromatic heterocycles. The molecule has 1 atom stereocenters. The molecule has 0 radical (unpaired) electrons. The molecule has 10 heteroatoms. The van der Waals surface area contributed by atoms with Crippen LogP contribution in [-0.4, -0.2) is 62.9 Å². The van der Waals surface area contributed by atoms with E-state index in [0.29, 0.717) is 49.1 Å². The Morgan fingerprint density at radius 3 is 2.64 bits per heavy atom. The van der Waals surface area contributed by atoms with E-state index in [9.17, 15) is 14.4 Å². The van der Waals surface area contributed by atoms with Crippen LogP contribution in [0.4, 0.5) is 5.82 Å². The zero-order valence-corrected chi connectivity index (χ0v) is 23.3. The molecular formula is C29H37ClN6O3. The highest BCUT2D eigenvalue weighted by Crippen LogP contribution is 2.28. The molecule has 0 spiro atoms. The van der Waals surface area contributed by atoms with E-state index in [-0.39, 0.29) is 23.4 Å². The highest BCUT2D eigenvalue weighted by molar-refractivity contribution is 6.30. The van der Waals surface area contributed by atoms with Gasteiger partial charge in [-0.15, -0.1) is 0 Å². The first-order valence-electron chi connectivity index (χ1n) is 14.2. The summed E-state index contributed by atoms with van der Waals surface area (Å²) in [5.41, 5.74) is 1.43. The molecule has 2 fully saturated rings. The number of unbranched alkanes of at least 4 members (excludes halogenated alkanes) is 2. The molecule has 5 rings (SSSR count). The van der Waals surface area contributed by atoms with Gasteiger partial charge in [-0.1, -0.05) is 43.5 Å². The van der Waals surface area contributed by atoms with Gasteiger partial charge in [0.2, 0.25) is 17.6 Å². The monoisotopic (exact) mass is 552 g/mol. The maximum absolute atomic E-state index is 13.3. The van der Waals surface area contributed by atoms with Crippen LogP contribution in [0.5, 0.6) is 0 Å². The summed E-state index contributed by atoms with van der Waals surface area (Å²) in [6.45, 7) is 5.59. The number of fused-ring (bicyclic) bond motifs is 1. The summed E-state index contributed by atoms with van der Waals surface area (Å²) < 4.78 is 3.70. The molecule has 1 aromatic carbocycles. The Morgan fingerprint density at radius 2 is 1.90 bits per heavy atom. The molecule has 0 aliphatic carbocycles. The van der Waals surface area contributed by atoms with E-state index < -0.39 is 0 Å². The van der Waals surface area contributed by atoms with Crippen molar-refractivity contribution >= 4 is 35.0 Å². The first kappa shape index (κ1) is 27.2. The van der Waals surface area contributed by atoms with Gasteiger partial charge >= 0.3 is 0 Å². The third-order valence-corrected chi connectivity index (χ3v) is 8.00. The normalized spacial score (nSPS) is 17.5. The van der Waals surface area contributed by atoms with Crippen LogP contribution in [0, 0.1) is 0 Å². The lowest BCUT2D eigenvalue weighted by Crippen LogP contribution is -2.45. The average molecular weight is 553 g/mol. The molecular weight excluding hydrogens is 516 g/mol. The predicted octanol–water partition coefficient (Wildman–Crippen LogP) is 4.10. The van der Waals surface area contributed by atoms with Gasteiger partial charge in [0.15, 0.2) is 0 Å². The topological polar surface area (TPSA) is 92.0 Å². The summed E-state index contributed by atoms with van der Waals surface area (Å²) in [4.78, 5) is 47.3. The van der Waals surface area contributed by atoms with Crippen LogP contribution >= 0.6 is 11.6 Å². The number of hydrogen-bond acceptors (Lipinski definition) is 5. The Morgan fingerprint density at radius 1 is 1.08 bits per heavy atom. The summed E-state index contributed by atoms with van der Waals surface area (Å²) in [5, 5.41) is 3.72. The fraction of sp³-hybridized carbons (Fsp3) is 0.517. The van der Waals surface area contributed by atoms with Gasteiger partial charge in [-0.2, -0.15) is 0 Å². The molecule has 2 aliphatic heterocycles. The van der Waals surface area contributed by atoms with Crippen molar-refractivity contribution in [3.05, 3.63) is 51.9 Å². The van der Waals surface area contributed by atoms with Crippen LogP contribution in [0.15, 0.2) is 41.3 Å². The van der Waals surface area contributed by atoms with Crippen molar-refractivity contribution in [1.29, 1.82) is 0 Å². The number of carbonyl (C=O) groups is 2. The molecule has 4 heterocycles. The third-order valence-electron chi connectivity index (χ3n) is 7.75. The maximum atomic E-state index is 13.3. The fourth-order valence-corrected chi connectivity index (χ4v) is 5.79. The van der Waals surface area contributed by atoms with Gasteiger partial charge in [0.05, 0.1) is 5.69 Å². The van der Waals surface area contributed by atoms with Crippen LogP contribution in [0.1, 0.15) is 58.3 Å². The number of nitrogens with one attached hydrogen (secondary N) is 1. The van der Waals surface area contributed by atoms with Gasteiger partial charge in [0.1, 0.15) is 11.9 Å². The van der Waals surface area contributed by atoms with Gasteiger partial charge in [0, 0.05) is 62.0 Å². The Labute approximate surface area is 233 Å². The zero-order valence-electron chi connectivity index (χ0n) is 22.6. The number of rotatable bonds is 11. The third kappa shape index (κ3) is 5.98. The van der Waals surface area contributed by atoms with Crippen LogP contribution in [0.2, 0.25) is 5.02 Å². The number of nitrogens with zero attached hydrogens (tertiary/aromatic N) is 5. The Kier molecular flexibility index (Phi) is 8.55. The molecule has 2 aliphatic rings. The number of anilines is 1. The minimum atomic E-state index is -0.344. The maximum Gasteiger partial charge on any atom is 0.261 e. The number of carbonyl (C=O) groups excluding carboxylic acids is 2. The summed E-state index contributed by atoms with van der Waals surface area (Å²) in [5.74, 6) is 1.51. The van der Waals surface area contributed by atoms with Gasteiger partial charge in [-0.3, -0.25) is 23.4 Å². The van der Waals surface area contributed by atoms with Crippen molar-refractivity contribution < 1.29 is 9.59 Å². The lowest BCUT2D eigenvalue weighted by molar-refractivity contribution is -0.127. The van der Waals surface area contributed by atoms with E-state index >= 15 is 0 Å². The SMILES string of the molecule is CCCCCn1c(N2CCC[C@H]2C(=O)NCCCN2CCCC2=O)cc(=O)n2cc(-c3ccc(Cl)cc3)nc12. The number of likely N-dealkylation sites (tertiary alicyclic amines) is 1. The first-order valence-corrected chi connectivity index (χ1v) is 14.5. The largest absolute Gasteiger partial charge is 0.354 e. The highest BCUT2D eigenvalue weighted by Gasteiger charge is 2.33. The number of imidazole rings is 1. The summed E-state index contributed by atoms with van der Waals surface area (Å²) >= 11 is 6.07. The van der Waals surface area contributed by atoms with Gasteiger partial charge in [0.25, 0.3) is 5.56 Å². The molecule has 2 saturated heterocycles. The van der Waals surface area contributed by atoms with E-state index in [1.807, 2.05) is 29.2 Å². The minimum Gasteiger partial charge on any atom is -0.354 e. The number of amides is 2. The molecule has 0 saturated carbocycles.